The van der Waals surface area contributed by atoms with E-state index < -0.39 is 0 Å². The summed E-state index contributed by atoms with van der Waals surface area (Å²) in [6.07, 6.45) is 0.252. The standard InChI is InChI=1S/C21H24N2O3/c1-14-4-9-19(15(2)10-14)23-13-17(11-20(23)24)21(25)22-12-16-5-7-18(26-3)8-6-16/h4-10,17H,11-13H2,1-3H3,(H,22,25). The third-order valence-electron chi connectivity index (χ3n) is 4.76. The number of aryl methyl sites for hydroxylation is 2. The van der Waals surface area contributed by atoms with E-state index in [9.17, 15) is 9.59 Å². The van der Waals surface area contributed by atoms with Gasteiger partial charge in [0.05, 0.1) is 13.0 Å². The van der Waals surface area contributed by atoms with Crippen molar-refractivity contribution in [2.45, 2.75) is 26.8 Å². The molecule has 1 saturated heterocycles. The molecule has 1 aliphatic heterocycles. The summed E-state index contributed by atoms with van der Waals surface area (Å²) < 4.78 is 5.13. The lowest BCUT2D eigenvalue weighted by molar-refractivity contribution is -0.126. The molecule has 1 heterocycles. The Morgan fingerprint density at radius 3 is 2.58 bits per heavy atom. The van der Waals surface area contributed by atoms with Crippen molar-refractivity contribution in [1.29, 1.82) is 0 Å². The first-order valence-electron chi connectivity index (χ1n) is 8.76. The summed E-state index contributed by atoms with van der Waals surface area (Å²) in [6.45, 7) is 4.89. The first kappa shape index (κ1) is 18.0. The summed E-state index contributed by atoms with van der Waals surface area (Å²) in [6, 6.07) is 13.6. The van der Waals surface area contributed by atoms with Crippen LogP contribution in [0.1, 0.15) is 23.1 Å². The molecule has 0 aromatic heterocycles. The third-order valence-corrected chi connectivity index (χ3v) is 4.76. The maximum Gasteiger partial charge on any atom is 0.227 e. The number of carbonyl (C=O) groups is 2. The molecule has 2 amide bonds. The van der Waals surface area contributed by atoms with Gasteiger partial charge in [0.1, 0.15) is 5.75 Å². The number of methoxy groups -OCH3 is 1. The Labute approximate surface area is 154 Å². The summed E-state index contributed by atoms with van der Waals surface area (Å²) in [4.78, 5) is 26.6. The lowest BCUT2D eigenvalue weighted by Gasteiger charge is -2.19. The van der Waals surface area contributed by atoms with Gasteiger partial charge in [-0.3, -0.25) is 9.59 Å². The van der Waals surface area contributed by atoms with E-state index in [2.05, 4.69) is 11.4 Å². The number of hydrogen-bond donors (Lipinski definition) is 1. The van der Waals surface area contributed by atoms with Gasteiger partial charge in [0.15, 0.2) is 0 Å². The quantitative estimate of drug-likeness (QED) is 0.900. The Bertz CT molecular complexity index is 815. The zero-order chi connectivity index (χ0) is 18.7. The molecule has 0 bridgehead atoms. The van der Waals surface area contributed by atoms with Crippen molar-refractivity contribution in [1.82, 2.24) is 5.32 Å². The van der Waals surface area contributed by atoms with Gasteiger partial charge in [0.2, 0.25) is 11.8 Å². The Kier molecular flexibility index (Phi) is 5.26. The van der Waals surface area contributed by atoms with E-state index in [1.54, 1.807) is 12.0 Å². The number of carbonyl (C=O) groups excluding carboxylic acids is 2. The number of hydrogen-bond acceptors (Lipinski definition) is 3. The molecule has 1 aliphatic rings. The molecular weight excluding hydrogens is 328 g/mol. The SMILES string of the molecule is COc1ccc(CNC(=O)C2CC(=O)N(c3ccc(C)cc3C)C2)cc1. The van der Waals surface area contributed by atoms with Crippen LogP contribution in [0.4, 0.5) is 5.69 Å². The Morgan fingerprint density at radius 1 is 1.19 bits per heavy atom. The molecule has 0 saturated carbocycles. The fourth-order valence-electron chi connectivity index (χ4n) is 3.30. The molecule has 1 unspecified atom stereocenters. The van der Waals surface area contributed by atoms with E-state index in [1.807, 2.05) is 50.2 Å². The van der Waals surface area contributed by atoms with E-state index in [4.69, 9.17) is 4.74 Å². The molecule has 0 radical (unpaired) electrons. The van der Waals surface area contributed by atoms with Gasteiger partial charge in [-0.15, -0.1) is 0 Å². The molecule has 5 nitrogen and oxygen atoms in total. The highest BCUT2D eigenvalue weighted by Crippen LogP contribution is 2.28. The topological polar surface area (TPSA) is 58.6 Å². The third kappa shape index (κ3) is 3.87. The van der Waals surface area contributed by atoms with Gasteiger partial charge < -0.3 is 15.0 Å². The molecule has 136 valence electrons. The Hall–Kier alpha value is -2.82. The predicted octanol–water partition coefficient (Wildman–Crippen LogP) is 2.98. The van der Waals surface area contributed by atoms with E-state index in [0.29, 0.717) is 13.1 Å². The highest BCUT2D eigenvalue weighted by atomic mass is 16.5. The van der Waals surface area contributed by atoms with Crippen LogP contribution in [-0.2, 0) is 16.1 Å². The van der Waals surface area contributed by atoms with Crippen molar-refractivity contribution in [2.75, 3.05) is 18.6 Å². The number of nitrogens with zero attached hydrogens (tertiary/aromatic N) is 1. The van der Waals surface area contributed by atoms with E-state index in [0.717, 1.165) is 28.1 Å². The van der Waals surface area contributed by atoms with Crippen molar-refractivity contribution >= 4 is 17.5 Å². The van der Waals surface area contributed by atoms with Crippen molar-refractivity contribution in [3.63, 3.8) is 0 Å². The van der Waals surface area contributed by atoms with Crippen molar-refractivity contribution in [3.05, 3.63) is 59.2 Å². The molecular formula is C21H24N2O3. The lowest BCUT2D eigenvalue weighted by atomic mass is 10.1. The van der Waals surface area contributed by atoms with Crippen LogP contribution in [-0.4, -0.2) is 25.5 Å². The smallest absolute Gasteiger partial charge is 0.227 e. The van der Waals surface area contributed by atoms with Crippen LogP contribution in [0.5, 0.6) is 5.75 Å². The second-order valence-corrected chi connectivity index (χ2v) is 6.76. The summed E-state index contributed by atoms with van der Waals surface area (Å²) in [5.41, 5.74) is 4.10. The van der Waals surface area contributed by atoms with Crippen LogP contribution in [0.25, 0.3) is 0 Å². The van der Waals surface area contributed by atoms with Crippen LogP contribution in [0.3, 0.4) is 0 Å². The van der Waals surface area contributed by atoms with Crippen LogP contribution in [0.2, 0.25) is 0 Å². The predicted molar refractivity (Wildman–Crippen MR) is 101 cm³/mol. The van der Waals surface area contributed by atoms with Crippen molar-refractivity contribution in [2.24, 2.45) is 5.92 Å². The number of anilines is 1. The molecule has 26 heavy (non-hydrogen) atoms. The minimum Gasteiger partial charge on any atom is -0.497 e. The number of amides is 2. The molecule has 0 aliphatic carbocycles. The van der Waals surface area contributed by atoms with Gasteiger partial charge in [0, 0.05) is 25.2 Å². The average molecular weight is 352 g/mol. The fourth-order valence-corrected chi connectivity index (χ4v) is 3.30. The highest BCUT2D eigenvalue weighted by Gasteiger charge is 2.35. The molecule has 1 atom stereocenters. The van der Waals surface area contributed by atoms with Crippen LogP contribution >= 0.6 is 0 Å². The molecule has 3 rings (SSSR count). The second kappa shape index (κ2) is 7.60. The minimum atomic E-state index is -0.318. The highest BCUT2D eigenvalue weighted by molar-refractivity contribution is 6.00. The molecule has 5 heteroatoms. The number of benzene rings is 2. The molecule has 2 aromatic rings. The number of ether oxygens (including phenoxy) is 1. The molecule has 0 spiro atoms. The normalized spacial score (nSPS) is 16.7. The summed E-state index contributed by atoms with van der Waals surface area (Å²) in [5.74, 6) is 0.384. The average Bonchev–Trinajstić information content (AvgIpc) is 3.02. The zero-order valence-corrected chi connectivity index (χ0v) is 15.4. The Morgan fingerprint density at radius 2 is 1.92 bits per heavy atom. The van der Waals surface area contributed by atoms with Crippen molar-refractivity contribution < 1.29 is 14.3 Å². The summed E-state index contributed by atoms with van der Waals surface area (Å²) >= 11 is 0. The van der Waals surface area contributed by atoms with Gasteiger partial charge in [-0.2, -0.15) is 0 Å². The van der Waals surface area contributed by atoms with Crippen LogP contribution in [0, 0.1) is 19.8 Å². The van der Waals surface area contributed by atoms with Crippen molar-refractivity contribution in [3.8, 4) is 5.75 Å². The summed E-state index contributed by atoms with van der Waals surface area (Å²) in [5, 5.41) is 2.94. The Balaban J connectivity index is 1.61. The monoisotopic (exact) mass is 352 g/mol. The second-order valence-electron chi connectivity index (χ2n) is 6.76. The van der Waals surface area contributed by atoms with E-state index in [1.165, 1.54) is 0 Å². The van der Waals surface area contributed by atoms with Gasteiger partial charge in [0.25, 0.3) is 0 Å². The number of nitrogens with one attached hydrogen (secondary N) is 1. The van der Waals surface area contributed by atoms with Gasteiger partial charge in [-0.05, 0) is 43.2 Å². The maximum atomic E-state index is 12.5. The molecule has 2 aromatic carbocycles. The molecule has 1 N–H and O–H groups in total. The van der Waals surface area contributed by atoms with Gasteiger partial charge in [-0.25, -0.2) is 0 Å². The lowest BCUT2D eigenvalue weighted by Crippen LogP contribution is -2.32. The fraction of sp³-hybridized carbons (Fsp3) is 0.333. The number of rotatable bonds is 5. The largest absolute Gasteiger partial charge is 0.497 e. The van der Waals surface area contributed by atoms with E-state index in [-0.39, 0.29) is 24.2 Å². The first-order valence-corrected chi connectivity index (χ1v) is 8.76. The van der Waals surface area contributed by atoms with Gasteiger partial charge in [-0.1, -0.05) is 29.8 Å². The zero-order valence-electron chi connectivity index (χ0n) is 15.4. The van der Waals surface area contributed by atoms with E-state index >= 15 is 0 Å². The maximum absolute atomic E-state index is 12.5. The van der Waals surface area contributed by atoms with Gasteiger partial charge >= 0.3 is 0 Å². The first-order chi connectivity index (χ1) is 12.5. The van der Waals surface area contributed by atoms with Crippen LogP contribution in [0.15, 0.2) is 42.5 Å². The molecule has 1 fully saturated rings. The minimum absolute atomic E-state index is 0.00144. The van der Waals surface area contributed by atoms with Crippen LogP contribution < -0.4 is 15.0 Å². The summed E-state index contributed by atoms with van der Waals surface area (Å²) in [7, 11) is 1.62.